The summed E-state index contributed by atoms with van der Waals surface area (Å²) in [5.74, 6) is -0.321. The summed E-state index contributed by atoms with van der Waals surface area (Å²) in [7, 11) is 0. The van der Waals surface area contributed by atoms with Crippen LogP contribution >= 0.6 is 0 Å². The number of halogens is 1. The van der Waals surface area contributed by atoms with E-state index in [1.54, 1.807) is 6.07 Å². The molecule has 4 heteroatoms. The van der Waals surface area contributed by atoms with Gasteiger partial charge in [-0.05, 0) is 31.5 Å². The van der Waals surface area contributed by atoms with Gasteiger partial charge in [0.1, 0.15) is 5.82 Å². The fraction of sp³-hybridized carbons (Fsp3) is 0.538. The lowest BCUT2D eigenvalue weighted by Crippen LogP contribution is -2.53. The van der Waals surface area contributed by atoms with Gasteiger partial charge in [0.05, 0.1) is 5.69 Å². The first-order chi connectivity index (χ1) is 8.04. The number of nitrogens with zero attached hydrogens (tertiary/aromatic N) is 1. The van der Waals surface area contributed by atoms with Gasteiger partial charge >= 0.3 is 0 Å². The van der Waals surface area contributed by atoms with Crippen molar-refractivity contribution < 1.29 is 4.39 Å². The number of benzene rings is 1. The standard InChI is InChI=1S/C13H20FN3/c1-9-6-17(7-10(2)16-9)8-11-3-4-13(15)12(14)5-11/h3-5,9-10,16H,6-8,15H2,1-2H3. The largest absolute Gasteiger partial charge is 0.396 e. The van der Waals surface area contributed by atoms with Gasteiger partial charge in [-0.2, -0.15) is 0 Å². The fourth-order valence-corrected chi connectivity index (χ4v) is 2.50. The van der Waals surface area contributed by atoms with Crippen LogP contribution in [0.25, 0.3) is 0 Å². The highest BCUT2D eigenvalue weighted by Gasteiger charge is 2.20. The van der Waals surface area contributed by atoms with Gasteiger partial charge in [0, 0.05) is 31.7 Å². The second-order valence-corrected chi connectivity index (χ2v) is 5.02. The van der Waals surface area contributed by atoms with Crippen molar-refractivity contribution in [3.05, 3.63) is 29.6 Å². The minimum absolute atomic E-state index is 0.218. The Labute approximate surface area is 102 Å². The quantitative estimate of drug-likeness (QED) is 0.768. The first kappa shape index (κ1) is 12.3. The SMILES string of the molecule is CC1CN(Cc2ccc(N)c(F)c2)CC(C)N1. The highest BCUT2D eigenvalue weighted by molar-refractivity contribution is 5.41. The van der Waals surface area contributed by atoms with E-state index in [0.717, 1.165) is 25.2 Å². The van der Waals surface area contributed by atoms with Crippen LogP contribution in [0.1, 0.15) is 19.4 Å². The van der Waals surface area contributed by atoms with Crippen molar-refractivity contribution in [3.63, 3.8) is 0 Å². The molecule has 2 atom stereocenters. The van der Waals surface area contributed by atoms with E-state index >= 15 is 0 Å². The number of nitrogen functional groups attached to an aromatic ring is 1. The van der Waals surface area contributed by atoms with Crippen LogP contribution in [-0.2, 0) is 6.54 Å². The Hall–Kier alpha value is -1.13. The minimum atomic E-state index is -0.321. The van der Waals surface area contributed by atoms with Crippen LogP contribution in [0, 0.1) is 5.82 Å². The average molecular weight is 237 g/mol. The number of piperazine rings is 1. The zero-order valence-corrected chi connectivity index (χ0v) is 10.4. The van der Waals surface area contributed by atoms with E-state index < -0.39 is 0 Å². The number of rotatable bonds is 2. The van der Waals surface area contributed by atoms with Gasteiger partial charge in [-0.25, -0.2) is 4.39 Å². The molecule has 1 aliphatic heterocycles. The molecular weight excluding hydrogens is 217 g/mol. The minimum Gasteiger partial charge on any atom is -0.396 e. The average Bonchev–Trinajstić information content (AvgIpc) is 2.22. The van der Waals surface area contributed by atoms with E-state index in [4.69, 9.17) is 5.73 Å². The molecule has 0 bridgehead atoms. The molecule has 0 saturated carbocycles. The van der Waals surface area contributed by atoms with E-state index in [-0.39, 0.29) is 11.5 Å². The molecule has 0 amide bonds. The number of hydrogen-bond donors (Lipinski definition) is 2. The van der Waals surface area contributed by atoms with E-state index in [9.17, 15) is 4.39 Å². The molecule has 0 aromatic heterocycles. The molecule has 1 heterocycles. The van der Waals surface area contributed by atoms with Gasteiger partial charge in [-0.1, -0.05) is 6.07 Å². The molecule has 1 aromatic carbocycles. The third-order valence-electron chi connectivity index (χ3n) is 3.10. The van der Waals surface area contributed by atoms with Crippen LogP contribution in [-0.4, -0.2) is 30.1 Å². The summed E-state index contributed by atoms with van der Waals surface area (Å²) >= 11 is 0. The van der Waals surface area contributed by atoms with Gasteiger partial charge < -0.3 is 11.1 Å². The summed E-state index contributed by atoms with van der Waals surface area (Å²) in [6.45, 7) is 7.12. The highest BCUT2D eigenvalue weighted by atomic mass is 19.1. The Balaban J connectivity index is 2.02. The van der Waals surface area contributed by atoms with Crippen molar-refractivity contribution in [2.24, 2.45) is 0 Å². The van der Waals surface area contributed by atoms with Gasteiger partial charge in [0.25, 0.3) is 0 Å². The third-order valence-corrected chi connectivity index (χ3v) is 3.10. The Kier molecular flexibility index (Phi) is 3.64. The number of hydrogen-bond acceptors (Lipinski definition) is 3. The molecule has 1 aromatic rings. The molecule has 0 radical (unpaired) electrons. The van der Waals surface area contributed by atoms with E-state index in [1.807, 2.05) is 6.07 Å². The Morgan fingerprint density at radius 1 is 1.35 bits per heavy atom. The van der Waals surface area contributed by atoms with Crippen LogP contribution in [0.2, 0.25) is 0 Å². The van der Waals surface area contributed by atoms with Crippen LogP contribution in [0.4, 0.5) is 10.1 Å². The predicted molar refractivity (Wildman–Crippen MR) is 68.1 cm³/mol. The third kappa shape index (κ3) is 3.17. The summed E-state index contributed by atoms with van der Waals surface area (Å²) in [6.07, 6.45) is 0. The summed E-state index contributed by atoms with van der Waals surface area (Å²) in [6, 6.07) is 6.04. The van der Waals surface area contributed by atoms with Crippen molar-refractivity contribution in [1.29, 1.82) is 0 Å². The summed E-state index contributed by atoms with van der Waals surface area (Å²) in [5.41, 5.74) is 6.67. The molecule has 94 valence electrons. The molecule has 3 N–H and O–H groups in total. The van der Waals surface area contributed by atoms with E-state index in [2.05, 4.69) is 24.1 Å². The molecule has 1 aliphatic rings. The molecule has 1 fully saturated rings. The van der Waals surface area contributed by atoms with Crippen molar-refractivity contribution in [3.8, 4) is 0 Å². The molecular formula is C13H20FN3. The fourth-order valence-electron chi connectivity index (χ4n) is 2.50. The number of nitrogens with one attached hydrogen (secondary N) is 1. The van der Waals surface area contributed by atoms with Crippen molar-refractivity contribution in [2.75, 3.05) is 18.8 Å². The molecule has 1 saturated heterocycles. The highest BCUT2D eigenvalue weighted by Crippen LogP contribution is 2.15. The smallest absolute Gasteiger partial charge is 0.146 e. The van der Waals surface area contributed by atoms with Crippen LogP contribution in [0.5, 0.6) is 0 Å². The maximum atomic E-state index is 13.3. The zero-order chi connectivity index (χ0) is 12.4. The first-order valence-electron chi connectivity index (χ1n) is 6.07. The van der Waals surface area contributed by atoms with Crippen molar-refractivity contribution >= 4 is 5.69 Å². The Morgan fingerprint density at radius 2 is 2.00 bits per heavy atom. The molecule has 2 unspecified atom stereocenters. The lowest BCUT2D eigenvalue weighted by molar-refractivity contribution is 0.166. The van der Waals surface area contributed by atoms with E-state index in [1.165, 1.54) is 6.07 Å². The molecule has 2 rings (SSSR count). The topological polar surface area (TPSA) is 41.3 Å². The van der Waals surface area contributed by atoms with E-state index in [0.29, 0.717) is 12.1 Å². The summed E-state index contributed by atoms with van der Waals surface area (Å²) in [4.78, 5) is 2.34. The Bertz CT molecular complexity index is 384. The maximum Gasteiger partial charge on any atom is 0.146 e. The van der Waals surface area contributed by atoms with Crippen molar-refractivity contribution in [2.45, 2.75) is 32.5 Å². The molecule has 17 heavy (non-hydrogen) atoms. The number of nitrogens with two attached hydrogens (primary N) is 1. The lowest BCUT2D eigenvalue weighted by atomic mass is 10.1. The summed E-state index contributed by atoms with van der Waals surface area (Å²) < 4.78 is 13.3. The molecule has 3 nitrogen and oxygen atoms in total. The van der Waals surface area contributed by atoms with Crippen LogP contribution < -0.4 is 11.1 Å². The molecule has 0 aliphatic carbocycles. The second kappa shape index (κ2) is 5.02. The normalized spacial score (nSPS) is 26.1. The first-order valence-corrected chi connectivity index (χ1v) is 6.07. The summed E-state index contributed by atoms with van der Waals surface area (Å²) in [5, 5.41) is 3.48. The van der Waals surface area contributed by atoms with Crippen molar-refractivity contribution in [1.82, 2.24) is 10.2 Å². The molecule has 0 spiro atoms. The van der Waals surface area contributed by atoms with Gasteiger partial charge in [-0.3, -0.25) is 4.90 Å². The predicted octanol–water partition coefficient (Wildman–Crippen LogP) is 1.59. The van der Waals surface area contributed by atoms with Gasteiger partial charge in [0.15, 0.2) is 0 Å². The van der Waals surface area contributed by atoms with Gasteiger partial charge in [-0.15, -0.1) is 0 Å². The van der Waals surface area contributed by atoms with Gasteiger partial charge in [0.2, 0.25) is 0 Å². The number of anilines is 1. The monoisotopic (exact) mass is 237 g/mol. The van der Waals surface area contributed by atoms with Crippen LogP contribution in [0.3, 0.4) is 0 Å². The zero-order valence-electron chi connectivity index (χ0n) is 10.4. The Morgan fingerprint density at radius 3 is 2.59 bits per heavy atom. The maximum absolute atomic E-state index is 13.3. The lowest BCUT2D eigenvalue weighted by Gasteiger charge is -2.36. The van der Waals surface area contributed by atoms with Crippen LogP contribution in [0.15, 0.2) is 18.2 Å². The second-order valence-electron chi connectivity index (χ2n) is 5.02.